The summed E-state index contributed by atoms with van der Waals surface area (Å²) in [5, 5.41) is 6.28. The first-order valence-electron chi connectivity index (χ1n) is 9.81. The van der Waals surface area contributed by atoms with Gasteiger partial charge < -0.3 is 24.7 Å². The Balaban J connectivity index is 0.00000341. The fourth-order valence-electron chi connectivity index (χ4n) is 2.83. The second kappa shape index (κ2) is 12.2. The van der Waals surface area contributed by atoms with Gasteiger partial charge in [0.15, 0.2) is 5.96 Å². The van der Waals surface area contributed by atoms with E-state index in [0.29, 0.717) is 38.6 Å². The number of carbonyl (C=O) groups is 2. The summed E-state index contributed by atoms with van der Waals surface area (Å²) in [4.78, 5) is 31.3. The largest absolute Gasteiger partial charge is 0.469 e. The molecule has 1 aromatic carbocycles. The minimum atomic E-state index is -0.321. The van der Waals surface area contributed by atoms with Gasteiger partial charge >= 0.3 is 6.09 Å². The third kappa shape index (κ3) is 7.46. The van der Waals surface area contributed by atoms with Crippen LogP contribution in [-0.4, -0.2) is 63.2 Å². The average Bonchev–Trinajstić information content (AvgIpc) is 3.41. The Hall–Kier alpha value is -2.76. The number of nitrogens with one attached hydrogen (secondary N) is 2. The zero-order valence-corrected chi connectivity index (χ0v) is 20.0. The highest BCUT2D eigenvalue weighted by atomic mass is 127. The van der Waals surface area contributed by atoms with E-state index in [0.717, 1.165) is 17.0 Å². The summed E-state index contributed by atoms with van der Waals surface area (Å²) < 4.78 is 10.3. The monoisotopic (exact) mass is 541 g/mol. The lowest BCUT2D eigenvalue weighted by atomic mass is 10.2. The molecule has 2 amide bonds. The van der Waals surface area contributed by atoms with Crippen molar-refractivity contribution in [2.24, 2.45) is 4.99 Å². The van der Waals surface area contributed by atoms with Crippen LogP contribution in [0.1, 0.15) is 11.3 Å². The molecular formula is C21H28IN5O4. The van der Waals surface area contributed by atoms with Gasteiger partial charge in [0.2, 0.25) is 5.91 Å². The summed E-state index contributed by atoms with van der Waals surface area (Å²) >= 11 is 0. The average molecular weight is 541 g/mol. The molecule has 0 saturated carbocycles. The van der Waals surface area contributed by atoms with Crippen LogP contribution in [0.4, 0.5) is 10.5 Å². The number of aliphatic imine (C=N–C) groups is 1. The zero-order chi connectivity index (χ0) is 21.3. The number of carbonyl (C=O) groups excluding carboxylic acids is 2. The van der Waals surface area contributed by atoms with Gasteiger partial charge in [0.25, 0.3) is 0 Å². The van der Waals surface area contributed by atoms with Crippen LogP contribution in [0.25, 0.3) is 0 Å². The van der Waals surface area contributed by atoms with Crippen LogP contribution in [0.15, 0.2) is 52.1 Å². The van der Waals surface area contributed by atoms with E-state index in [9.17, 15) is 9.59 Å². The first kappa shape index (κ1) is 24.5. The van der Waals surface area contributed by atoms with Gasteiger partial charge in [0.1, 0.15) is 12.4 Å². The third-order valence-electron chi connectivity index (χ3n) is 4.58. The van der Waals surface area contributed by atoms with Gasteiger partial charge in [-0.3, -0.25) is 9.69 Å². The van der Waals surface area contributed by atoms with Gasteiger partial charge in [0.05, 0.1) is 25.9 Å². The summed E-state index contributed by atoms with van der Waals surface area (Å²) in [5.41, 5.74) is 1.79. The zero-order valence-electron chi connectivity index (χ0n) is 17.7. The predicted molar refractivity (Wildman–Crippen MR) is 129 cm³/mol. The Morgan fingerprint density at radius 3 is 2.58 bits per heavy atom. The van der Waals surface area contributed by atoms with Crippen LogP contribution in [0.5, 0.6) is 0 Å². The maximum Gasteiger partial charge on any atom is 0.414 e. The van der Waals surface area contributed by atoms with Crippen LogP contribution in [0, 0.1) is 0 Å². The van der Waals surface area contributed by atoms with Gasteiger partial charge in [-0.2, -0.15) is 0 Å². The Labute approximate surface area is 198 Å². The van der Waals surface area contributed by atoms with Crippen molar-refractivity contribution < 1.29 is 18.7 Å². The number of nitrogens with zero attached hydrogens (tertiary/aromatic N) is 3. The van der Waals surface area contributed by atoms with Crippen molar-refractivity contribution in [3.8, 4) is 0 Å². The smallest absolute Gasteiger partial charge is 0.414 e. The number of rotatable bonds is 8. The molecule has 168 valence electrons. The molecule has 0 bridgehead atoms. The molecule has 1 aliphatic rings. The topological polar surface area (TPSA) is 99.4 Å². The van der Waals surface area contributed by atoms with Crippen molar-refractivity contribution in [3.63, 3.8) is 0 Å². The van der Waals surface area contributed by atoms with Crippen LogP contribution in [-0.2, 0) is 22.5 Å². The Bertz CT molecular complexity index is 868. The third-order valence-corrected chi connectivity index (χ3v) is 4.58. The van der Waals surface area contributed by atoms with E-state index in [1.165, 1.54) is 4.90 Å². The second-order valence-electron chi connectivity index (χ2n) is 7.00. The molecule has 0 atom stereocenters. The van der Waals surface area contributed by atoms with Gasteiger partial charge in [-0.25, -0.2) is 9.79 Å². The molecule has 2 heterocycles. The number of cyclic esters (lactones) is 1. The highest BCUT2D eigenvalue weighted by Crippen LogP contribution is 2.19. The number of guanidine groups is 1. The van der Waals surface area contributed by atoms with Crippen LogP contribution < -0.4 is 15.5 Å². The molecule has 1 saturated heterocycles. The van der Waals surface area contributed by atoms with Gasteiger partial charge in [-0.05, 0) is 29.8 Å². The number of benzene rings is 1. The fraction of sp³-hybridized carbons (Fsp3) is 0.381. The summed E-state index contributed by atoms with van der Waals surface area (Å²) in [6.45, 7) is 2.16. The van der Waals surface area contributed by atoms with Crippen LogP contribution >= 0.6 is 24.0 Å². The van der Waals surface area contributed by atoms with E-state index in [1.807, 2.05) is 36.4 Å². The van der Waals surface area contributed by atoms with Gasteiger partial charge in [-0.15, -0.1) is 24.0 Å². The van der Waals surface area contributed by atoms with Gasteiger partial charge in [-0.1, -0.05) is 12.1 Å². The second-order valence-corrected chi connectivity index (χ2v) is 7.00. The minimum absolute atomic E-state index is 0. The van der Waals surface area contributed by atoms with Gasteiger partial charge in [0, 0.05) is 32.7 Å². The molecule has 9 nitrogen and oxygen atoms in total. The SMILES string of the molecule is CN(C)C(=O)CNC(=NCc1ccc(N2CCOC2=O)cc1)NCCc1ccco1.I. The summed E-state index contributed by atoms with van der Waals surface area (Å²) in [6.07, 6.45) is 2.03. The standard InChI is InChI=1S/C21H27N5O4.HI/c1-25(2)19(27)15-24-20(22-10-9-18-4-3-12-29-18)23-14-16-5-7-17(8-6-16)26-11-13-30-21(26)28;/h3-8,12H,9-11,13-15H2,1-2H3,(H2,22,23,24);1H. The number of halogens is 1. The molecule has 1 aliphatic heterocycles. The Morgan fingerprint density at radius 1 is 1.19 bits per heavy atom. The van der Waals surface area contributed by atoms with E-state index in [2.05, 4.69) is 15.6 Å². The number of likely N-dealkylation sites (N-methyl/N-ethyl adjacent to an activating group) is 1. The summed E-state index contributed by atoms with van der Waals surface area (Å²) in [6, 6.07) is 11.4. The van der Waals surface area contributed by atoms with Crippen molar-refractivity contribution in [1.82, 2.24) is 15.5 Å². The van der Waals surface area contributed by atoms with Crippen molar-refractivity contribution in [3.05, 3.63) is 54.0 Å². The highest BCUT2D eigenvalue weighted by Gasteiger charge is 2.23. The first-order chi connectivity index (χ1) is 14.5. The molecule has 0 unspecified atom stereocenters. The Kier molecular flexibility index (Phi) is 9.63. The van der Waals surface area contributed by atoms with E-state index < -0.39 is 0 Å². The normalized spacial score (nSPS) is 13.4. The van der Waals surface area contributed by atoms with E-state index in [1.54, 1.807) is 25.3 Å². The van der Waals surface area contributed by atoms with E-state index in [4.69, 9.17) is 9.15 Å². The Morgan fingerprint density at radius 2 is 1.97 bits per heavy atom. The number of amides is 2. The maximum atomic E-state index is 11.9. The highest BCUT2D eigenvalue weighted by molar-refractivity contribution is 14.0. The van der Waals surface area contributed by atoms with E-state index >= 15 is 0 Å². The number of hydrogen-bond donors (Lipinski definition) is 2. The minimum Gasteiger partial charge on any atom is -0.469 e. The predicted octanol–water partition coefficient (Wildman–Crippen LogP) is 2.22. The lowest BCUT2D eigenvalue weighted by molar-refractivity contribution is -0.127. The molecule has 0 aliphatic carbocycles. The first-order valence-corrected chi connectivity index (χ1v) is 9.81. The van der Waals surface area contributed by atoms with Crippen molar-refractivity contribution in [2.45, 2.75) is 13.0 Å². The van der Waals surface area contributed by atoms with Crippen molar-refractivity contribution in [1.29, 1.82) is 0 Å². The lowest BCUT2D eigenvalue weighted by Crippen LogP contribution is -2.43. The summed E-state index contributed by atoms with van der Waals surface area (Å²) in [7, 11) is 3.42. The van der Waals surface area contributed by atoms with Crippen LogP contribution in [0.2, 0.25) is 0 Å². The van der Waals surface area contributed by atoms with Crippen molar-refractivity contribution in [2.75, 3.05) is 45.2 Å². The van der Waals surface area contributed by atoms with Crippen molar-refractivity contribution >= 4 is 47.6 Å². The summed E-state index contributed by atoms with van der Waals surface area (Å²) in [5.74, 6) is 1.38. The van der Waals surface area contributed by atoms with Crippen LogP contribution in [0.3, 0.4) is 0 Å². The molecule has 3 rings (SSSR count). The molecule has 31 heavy (non-hydrogen) atoms. The molecule has 2 N–H and O–H groups in total. The quantitative estimate of drug-likeness (QED) is 0.302. The number of anilines is 1. The number of furan rings is 1. The molecule has 10 heteroatoms. The fourth-order valence-corrected chi connectivity index (χ4v) is 2.83. The molecule has 0 spiro atoms. The molecule has 1 fully saturated rings. The maximum absolute atomic E-state index is 11.9. The number of ether oxygens (including phenoxy) is 1. The lowest BCUT2D eigenvalue weighted by Gasteiger charge is -2.15. The molecular weight excluding hydrogens is 513 g/mol. The molecule has 2 aromatic rings. The number of hydrogen-bond acceptors (Lipinski definition) is 5. The molecule has 0 radical (unpaired) electrons. The van der Waals surface area contributed by atoms with E-state index in [-0.39, 0.29) is 42.5 Å². The molecule has 1 aromatic heterocycles.